The highest BCUT2D eigenvalue weighted by Gasteiger charge is 2.21. The van der Waals surface area contributed by atoms with Crippen LogP contribution in [0.5, 0.6) is 5.75 Å². The van der Waals surface area contributed by atoms with Gasteiger partial charge in [-0.05, 0) is 31.0 Å². The van der Waals surface area contributed by atoms with Gasteiger partial charge in [-0.15, -0.1) is 0 Å². The highest BCUT2D eigenvalue weighted by atomic mass is 16.5. The van der Waals surface area contributed by atoms with Gasteiger partial charge < -0.3 is 15.4 Å². The fourth-order valence-corrected chi connectivity index (χ4v) is 2.86. The van der Waals surface area contributed by atoms with Gasteiger partial charge in [0.05, 0.1) is 12.8 Å². The van der Waals surface area contributed by atoms with E-state index in [0.717, 1.165) is 25.7 Å². The van der Waals surface area contributed by atoms with Gasteiger partial charge in [-0.2, -0.15) is 0 Å². The van der Waals surface area contributed by atoms with Gasteiger partial charge in [-0.3, -0.25) is 9.59 Å². The number of carbonyl (C=O) groups is 2. The summed E-state index contributed by atoms with van der Waals surface area (Å²) in [5.41, 5.74) is 1.24. The first kappa shape index (κ1) is 16.3. The molecule has 2 amide bonds. The summed E-state index contributed by atoms with van der Waals surface area (Å²) in [6.07, 6.45) is 6.54. The van der Waals surface area contributed by atoms with Crippen LogP contribution in [0.15, 0.2) is 18.2 Å². The van der Waals surface area contributed by atoms with Crippen LogP contribution in [0.1, 0.15) is 45.4 Å². The molecule has 1 aromatic carbocycles. The average Bonchev–Trinajstić information content (AvgIpc) is 2.76. The van der Waals surface area contributed by atoms with Crippen molar-refractivity contribution in [3.05, 3.63) is 18.2 Å². The molecule has 0 spiro atoms. The fourth-order valence-electron chi connectivity index (χ4n) is 2.86. The summed E-state index contributed by atoms with van der Waals surface area (Å²) in [6, 6.07) is 5.23. The monoisotopic (exact) mass is 304 g/mol. The zero-order valence-electron chi connectivity index (χ0n) is 13.3. The van der Waals surface area contributed by atoms with Gasteiger partial charge in [0.25, 0.3) is 0 Å². The predicted octanol–water partition coefficient (Wildman–Crippen LogP) is 3.56. The molecule has 120 valence electrons. The minimum Gasteiger partial charge on any atom is -0.495 e. The quantitative estimate of drug-likeness (QED) is 0.836. The molecule has 0 aliphatic heterocycles. The highest BCUT2D eigenvalue weighted by Crippen LogP contribution is 2.30. The molecule has 0 heterocycles. The molecule has 2 N–H and O–H groups in total. The molecule has 22 heavy (non-hydrogen) atoms. The summed E-state index contributed by atoms with van der Waals surface area (Å²) in [5.74, 6) is 0.555. The molecule has 0 radical (unpaired) electrons. The Morgan fingerprint density at radius 1 is 1.09 bits per heavy atom. The van der Waals surface area contributed by atoms with E-state index < -0.39 is 0 Å². The molecule has 5 nitrogen and oxygen atoms in total. The Balaban J connectivity index is 2.11. The third kappa shape index (κ3) is 4.48. The Morgan fingerprint density at radius 2 is 1.77 bits per heavy atom. The fraction of sp³-hybridized carbons (Fsp3) is 0.529. The van der Waals surface area contributed by atoms with Crippen molar-refractivity contribution in [3.63, 3.8) is 0 Å². The molecule has 1 saturated carbocycles. The minimum absolute atomic E-state index is 0.0418. The van der Waals surface area contributed by atoms with Crippen molar-refractivity contribution in [1.82, 2.24) is 0 Å². The molecular formula is C17H24N2O3. The Morgan fingerprint density at radius 3 is 2.36 bits per heavy atom. The van der Waals surface area contributed by atoms with Crippen LogP contribution in [0.3, 0.4) is 0 Å². The maximum Gasteiger partial charge on any atom is 0.227 e. The normalized spacial score (nSPS) is 15.7. The molecule has 1 fully saturated rings. The van der Waals surface area contributed by atoms with Crippen molar-refractivity contribution in [2.75, 3.05) is 17.7 Å². The molecule has 2 rings (SSSR count). The van der Waals surface area contributed by atoms with Gasteiger partial charge in [0, 0.05) is 18.5 Å². The second-order valence-electron chi connectivity index (χ2n) is 5.77. The van der Waals surface area contributed by atoms with Gasteiger partial charge in [0.1, 0.15) is 5.75 Å². The number of hydrogen-bond acceptors (Lipinski definition) is 3. The number of amides is 2. The van der Waals surface area contributed by atoms with E-state index in [1.807, 2.05) is 0 Å². The average molecular weight is 304 g/mol. The molecule has 0 saturated heterocycles. The van der Waals surface area contributed by atoms with E-state index in [1.54, 1.807) is 25.3 Å². The number of rotatable bonds is 4. The van der Waals surface area contributed by atoms with Gasteiger partial charge in [0.15, 0.2) is 0 Å². The van der Waals surface area contributed by atoms with E-state index in [1.165, 1.54) is 19.8 Å². The number of methoxy groups -OCH3 is 1. The van der Waals surface area contributed by atoms with E-state index in [4.69, 9.17) is 4.74 Å². The number of ether oxygens (including phenoxy) is 1. The Kier molecular flexibility index (Phi) is 5.81. The first-order chi connectivity index (χ1) is 10.6. The van der Waals surface area contributed by atoms with Crippen LogP contribution in [-0.4, -0.2) is 18.9 Å². The lowest BCUT2D eigenvalue weighted by Crippen LogP contribution is -2.22. The molecule has 1 aliphatic carbocycles. The summed E-state index contributed by atoms with van der Waals surface area (Å²) in [4.78, 5) is 23.6. The van der Waals surface area contributed by atoms with Crippen molar-refractivity contribution in [2.24, 2.45) is 5.92 Å². The first-order valence-corrected chi connectivity index (χ1v) is 7.86. The zero-order valence-corrected chi connectivity index (χ0v) is 13.3. The van der Waals surface area contributed by atoms with E-state index in [-0.39, 0.29) is 17.7 Å². The number of anilines is 2. The van der Waals surface area contributed by atoms with E-state index in [0.29, 0.717) is 17.1 Å². The lowest BCUT2D eigenvalue weighted by molar-refractivity contribution is -0.120. The zero-order chi connectivity index (χ0) is 15.9. The molecule has 0 aromatic heterocycles. The Hall–Kier alpha value is -2.04. The Labute approximate surface area is 131 Å². The van der Waals surface area contributed by atoms with Crippen LogP contribution in [0.4, 0.5) is 11.4 Å². The van der Waals surface area contributed by atoms with Crippen molar-refractivity contribution in [1.29, 1.82) is 0 Å². The number of hydrogen-bond donors (Lipinski definition) is 2. The van der Waals surface area contributed by atoms with Crippen LogP contribution in [0, 0.1) is 5.92 Å². The summed E-state index contributed by atoms with van der Waals surface area (Å²) in [7, 11) is 1.56. The van der Waals surface area contributed by atoms with E-state index in [9.17, 15) is 9.59 Å². The van der Waals surface area contributed by atoms with Gasteiger partial charge >= 0.3 is 0 Å². The smallest absolute Gasteiger partial charge is 0.227 e. The Bertz CT molecular complexity index is 535. The lowest BCUT2D eigenvalue weighted by Gasteiger charge is -2.17. The second kappa shape index (κ2) is 7.82. The SMILES string of the molecule is COc1ccc(NC(C)=O)cc1NC(=O)C1CCCCCC1. The largest absolute Gasteiger partial charge is 0.495 e. The van der Waals surface area contributed by atoms with Crippen molar-refractivity contribution in [3.8, 4) is 5.75 Å². The number of carbonyl (C=O) groups excluding carboxylic acids is 2. The van der Waals surface area contributed by atoms with Crippen LogP contribution in [0.25, 0.3) is 0 Å². The van der Waals surface area contributed by atoms with Crippen LogP contribution in [-0.2, 0) is 9.59 Å². The van der Waals surface area contributed by atoms with Crippen molar-refractivity contribution in [2.45, 2.75) is 45.4 Å². The second-order valence-corrected chi connectivity index (χ2v) is 5.77. The highest BCUT2D eigenvalue weighted by molar-refractivity contribution is 5.96. The van der Waals surface area contributed by atoms with Crippen LogP contribution < -0.4 is 15.4 Å². The van der Waals surface area contributed by atoms with Crippen molar-refractivity contribution < 1.29 is 14.3 Å². The summed E-state index contributed by atoms with van der Waals surface area (Å²) >= 11 is 0. The topological polar surface area (TPSA) is 67.4 Å². The van der Waals surface area contributed by atoms with Crippen LogP contribution in [0.2, 0.25) is 0 Å². The van der Waals surface area contributed by atoms with Crippen molar-refractivity contribution >= 4 is 23.2 Å². The predicted molar refractivity (Wildman–Crippen MR) is 87.1 cm³/mol. The van der Waals surface area contributed by atoms with Gasteiger partial charge in [0.2, 0.25) is 11.8 Å². The molecule has 0 atom stereocenters. The maximum absolute atomic E-state index is 12.5. The third-order valence-corrected chi connectivity index (χ3v) is 4.00. The van der Waals surface area contributed by atoms with E-state index >= 15 is 0 Å². The van der Waals surface area contributed by atoms with Gasteiger partial charge in [-0.1, -0.05) is 25.7 Å². The minimum atomic E-state index is -0.147. The van der Waals surface area contributed by atoms with Crippen LogP contribution >= 0.6 is 0 Å². The maximum atomic E-state index is 12.5. The number of nitrogens with one attached hydrogen (secondary N) is 2. The third-order valence-electron chi connectivity index (χ3n) is 4.00. The van der Waals surface area contributed by atoms with Gasteiger partial charge in [-0.25, -0.2) is 0 Å². The molecule has 1 aromatic rings. The lowest BCUT2D eigenvalue weighted by atomic mass is 9.99. The molecule has 0 bridgehead atoms. The summed E-state index contributed by atoms with van der Waals surface area (Å²) in [5, 5.41) is 5.67. The summed E-state index contributed by atoms with van der Waals surface area (Å²) in [6.45, 7) is 1.45. The molecule has 5 heteroatoms. The standard InChI is InChI=1S/C17H24N2O3/c1-12(20)18-14-9-10-16(22-2)15(11-14)19-17(21)13-7-5-3-4-6-8-13/h9-11,13H,3-8H2,1-2H3,(H,18,20)(H,19,21). The first-order valence-electron chi connectivity index (χ1n) is 7.86. The summed E-state index contributed by atoms with van der Waals surface area (Å²) < 4.78 is 5.29. The number of benzene rings is 1. The molecular weight excluding hydrogens is 280 g/mol. The molecule has 0 unspecified atom stereocenters. The van der Waals surface area contributed by atoms with E-state index in [2.05, 4.69) is 10.6 Å². The molecule has 1 aliphatic rings.